The van der Waals surface area contributed by atoms with Gasteiger partial charge in [-0.25, -0.2) is 4.98 Å². The number of allylic oxidation sites excluding steroid dienone is 3. The number of ether oxygens (including phenoxy) is 1. The Hall–Kier alpha value is -4.49. The number of carbonyl (C=O) groups is 2. The van der Waals surface area contributed by atoms with Gasteiger partial charge in [0.25, 0.3) is 0 Å². The second-order valence-electron chi connectivity index (χ2n) is 11.4. The number of rotatable bonds is 6. The topological polar surface area (TPSA) is 80.3 Å². The number of hydrogen-bond acceptors (Lipinski definition) is 5. The molecule has 4 aromatic rings. The van der Waals surface area contributed by atoms with Crippen molar-refractivity contribution in [1.82, 2.24) is 4.98 Å². The Morgan fingerprint density at radius 2 is 1.67 bits per heavy atom. The number of amides is 2. The fraction of sp³-hybridized carbons (Fsp3) is 0.229. The zero-order chi connectivity index (χ0) is 28.8. The van der Waals surface area contributed by atoms with E-state index in [0.29, 0.717) is 28.7 Å². The van der Waals surface area contributed by atoms with Gasteiger partial charge in [-0.15, -0.1) is 11.3 Å². The summed E-state index contributed by atoms with van der Waals surface area (Å²) in [7, 11) is 1.60. The lowest BCUT2D eigenvalue weighted by Gasteiger charge is -2.50. The lowest BCUT2D eigenvalue weighted by atomic mass is 9.52. The first-order valence-corrected chi connectivity index (χ1v) is 15.1. The molecule has 2 atom stereocenters. The van der Waals surface area contributed by atoms with Gasteiger partial charge in [0.1, 0.15) is 5.75 Å². The van der Waals surface area contributed by atoms with E-state index in [4.69, 9.17) is 9.72 Å². The summed E-state index contributed by atoms with van der Waals surface area (Å²) < 4.78 is 5.29. The van der Waals surface area contributed by atoms with Crippen LogP contribution in [0.15, 0.2) is 96.4 Å². The molecule has 2 N–H and O–H groups in total. The quantitative estimate of drug-likeness (QED) is 0.252. The summed E-state index contributed by atoms with van der Waals surface area (Å²) in [5.41, 5.74) is 6.75. The van der Waals surface area contributed by atoms with Gasteiger partial charge in [-0.3, -0.25) is 9.59 Å². The van der Waals surface area contributed by atoms with Gasteiger partial charge < -0.3 is 15.4 Å². The minimum atomic E-state index is -0.620. The Morgan fingerprint density at radius 3 is 2.38 bits per heavy atom. The van der Waals surface area contributed by atoms with Gasteiger partial charge in [0.05, 0.1) is 24.1 Å². The molecule has 2 bridgehead atoms. The van der Waals surface area contributed by atoms with Crippen LogP contribution in [0.5, 0.6) is 5.75 Å². The molecule has 0 radical (unpaired) electrons. The number of methoxy groups -OCH3 is 1. The maximum absolute atomic E-state index is 14.1. The first-order valence-electron chi connectivity index (χ1n) is 14.2. The Balaban J connectivity index is 1.12. The zero-order valence-corrected chi connectivity index (χ0v) is 24.3. The van der Waals surface area contributed by atoms with Crippen molar-refractivity contribution in [1.29, 1.82) is 0 Å². The smallest absolute Gasteiger partial charge is 0.233 e. The Labute approximate surface area is 249 Å². The van der Waals surface area contributed by atoms with E-state index in [1.54, 1.807) is 13.2 Å². The first kappa shape index (κ1) is 26.4. The molecular formula is C35H31N3O3S. The molecule has 210 valence electrons. The molecule has 0 fully saturated rings. The van der Waals surface area contributed by atoms with Gasteiger partial charge in [0.2, 0.25) is 11.8 Å². The van der Waals surface area contributed by atoms with Crippen LogP contribution in [0.3, 0.4) is 0 Å². The third-order valence-electron chi connectivity index (χ3n) is 8.98. The first-order chi connectivity index (χ1) is 20.5. The van der Waals surface area contributed by atoms with Crippen LogP contribution in [0.4, 0.5) is 10.8 Å². The van der Waals surface area contributed by atoms with Gasteiger partial charge in [0.15, 0.2) is 5.13 Å². The molecule has 7 heteroatoms. The monoisotopic (exact) mass is 573 g/mol. The number of benzene rings is 3. The summed E-state index contributed by atoms with van der Waals surface area (Å²) in [5.74, 6) is 0.316. The van der Waals surface area contributed by atoms with Gasteiger partial charge >= 0.3 is 0 Å². The molecule has 42 heavy (non-hydrogen) atoms. The molecule has 4 aliphatic rings. The number of aromatic nitrogens is 1. The fourth-order valence-electron chi connectivity index (χ4n) is 6.96. The third kappa shape index (κ3) is 4.36. The molecule has 0 spiro atoms. The maximum Gasteiger partial charge on any atom is 0.233 e. The predicted molar refractivity (Wildman–Crippen MR) is 167 cm³/mol. The molecule has 1 aromatic heterocycles. The Morgan fingerprint density at radius 1 is 0.952 bits per heavy atom. The van der Waals surface area contributed by atoms with Gasteiger partial charge in [-0.05, 0) is 59.7 Å². The van der Waals surface area contributed by atoms with Crippen LogP contribution in [0.25, 0.3) is 5.57 Å². The SMILES string of the molecule is COc1cccc(NC(=O)C2CC=CC=C2c2csc(NC(=O)C3(C)CC4c5ccccc5C3c3ccccc34)n2)c1. The van der Waals surface area contributed by atoms with Crippen LogP contribution in [0.2, 0.25) is 0 Å². The summed E-state index contributed by atoms with van der Waals surface area (Å²) in [5, 5.41) is 8.65. The van der Waals surface area contributed by atoms with Gasteiger partial charge in [0, 0.05) is 29.0 Å². The maximum atomic E-state index is 14.1. The standard InChI is InChI=1S/C35H31N3O3S/c1-35(19-29-23-12-3-6-15-26(23)31(35)27-16-7-4-13-24(27)29)33(40)38-34-37-30(20-42-34)25-14-5-8-17-28(25)32(39)36-21-10-9-11-22(18-21)41-2/h3-16,18,20,28-29,31H,17,19H2,1-2H3,(H,36,39)(H,37,38,40). The third-order valence-corrected chi connectivity index (χ3v) is 9.74. The largest absolute Gasteiger partial charge is 0.497 e. The van der Waals surface area contributed by atoms with E-state index < -0.39 is 11.3 Å². The number of thiazole rings is 1. The molecule has 4 aliphatic carbocycles. The zero-order valence-electron chi connectivity index (χ0n) is 23.5. The molecule has 0 saturated carbocycles. The van der Waals surface area contributed by atoms with Crippen molar-refractivity contribution >= 4 is 39.5 Å². The normalized spacial score (nSPS) is 23.4. The Kier molecular flexibility index (Phi) is 6.54. The summed E-state index contributed by atoms with van der Waals surface area (Å²) in [6.45, 7) is 2.09. The second kappa shape index (κ2) is 10.4. The molecule has 0 aliphatic heterocycles. The molecule has 2 unspecified atom stereocenters. The van der Waals surface area contributed by atoms with E-state index >= 15 is 0 Å². The van der Waals surface area contributed by atoms with Crippen molar-refractivity contribution in [3.8, 4) is 5.75 Å². The van der Waals surface area contributed by atoms with E-state index in [0.717, 1.165) is 12.0 Å². The van der Waals surface area contributed by atoms with Crippen molar-refractivity contribution in [3.05, 3.63) is 124 Å². The van der Waals surface area contributed by atoms with Crippen molar-refractivity contribution in [2.45, 2.75) is 31.6 Å². The van der Waals surface area contributed by atoms with Crippen LogP contribution < -0.4 is 15.4 Å². The second-order valence-corrected chi connectivity index (χ2v) is 12.3. The molecule has 6 nitrogen and oxygen atoms in total. The van der Waals surface area contributed by atoms with Crippen molar-refractivity contribution in [2.24, 2.45) is 11.3 Å². The molecule has 2 amide bonds. The minimum absolute atomic E-state index is 0.0211. The highest BCUT2D eigenvalue weighted by Gasteiger charge is 2.54. The molecule has 3 aromatic carbocycles. The molecular weight excluding hydrogens is 542 g/mol. The van der Waals surface area contributed by atoms with Gasteiger partial charge in [-0.2, -0.15) is 0 Å². The summed E-state index contributed by atoms with van der Waals surface area (Å²) in [6, 6.07) is 24.4. The lowest BCUT2D eigenvalue weighted by molar-refractivity contribution is -0.126. The van der Waals surface area contributed by atoms with E-state index in [1.807, 2.05) is 41.8 Å². The molecule has 1 heterocycles. The fourth-order valence-corrected chi connectivity index (χ4v) is 7.68. The highest BCUT2D eigenvalue weighted by atomic mass is 32.1. The number of fused-ring (bicyclic) bond motifs is 1. The number of carbonyl (C=O) groups excluding carboxylic acids is 2. The highest BCUT2D eigenvalue weighted by Crippen LogP contribution is 2.61. The van der Waals surface area contributed by atoms with E-state index in [2.05, 4.69) is 66.1 Å². The van der Waals surface area contributed by atoms with Crippen molar-refractivity contribution in [2.75, 3.05) is 17.7 Å². The number of nitrogens with one attached hydrogen (secondary N) is 2. The predicted octanol–water partition coefficient (Wildman–Crippen LogP) is 7.38. The average Bonchev–Trinajstić information content (AvgIpc) is 3.49. The number of hydrogen-bond donors (Lipinski definition) is 2. The summed E-state index contributed by atoms with van der Waals surface area (Å²) in [6.07, 6.45) is 7.20. The number of nitrogens with zero attached hydrogens (tertiary/aromatic N) is 1. The van der Waals surface area contributed by atoms with Crippen LogP contribution in [-0.4, -0.2) is 23.9 Å². The van der Waals surface area contributed by atoms with Crippen LogP contribution in [0, 0.1) is 11.3 Å². The Bertz CT molecular complexity index is 1720. The van der Waals surface area contributed by atoms with Gasteiger partial charge in [-0.1, -0.05) is 72.8 Å². The lowest BCUT2D eigenvalue weighted by Crippen LogP contribution is -2.47. The van der Waals surface area contributed by atoms with Crippen LogP contribution in [-0.2, 0) is 9.59 Å². The number of anilines is 2. The van der Waals surface area contributed by atoms with E-state index in [-0.39, 0.29) is 23.7 Å². The van der Waals surface area contributed by atoms with Crippen molar-refractivity contribution < 1.29 is 14.3 Å². The summed E-state index contributed by atoms with van der Waals surface area (Å²) >= 11 is 1.39. The molecule has 0 saturated heterocycles. The van der Waals surface area contributed by atoms with Crippen LogP contribution in [0.1, 0.15) is 59.5 Å². The van der Waals surface area contributed by atoms with E-state index in [9.17, 15) is 9.59 Å². The highest BCUT2D eigenvalue weighted by molar-refractivity contribution is 7.14. The average molecular weight is 574 g/mol. The van der Waals surface area contributed by atoms with Crippen molar-refractivity contribution in [3.63, 3.8) is 0 Å². The summed E-state index contributed by atoms with van der Waals surface area (Å²) in [4.78, 5) is 32.2. The van der Waals surface area contributed by atoms with Crippen LogP contribution >= 0.6 is 11.3 Å². The molecule has 8 rings (SSSR count). The minimum Gasteiger partial charge on any atom is -0.497 e. The van der Waals surface area contributed by atoms with E-state index in [1.165, 1.54) is 33.6 Å².